The summed E-state index contributed by atoms with van der Waals surface area (Å²) < 4.78 is 20.2. The van der Waals surface area contributed by atoms with Gasteiger partial charge in [0.05, 0.1) is 0 Å². The maximum atomic E-state index is 10.1. The third-order valence-electron chi connectivity index (χ3n) is 1.47. The zero-order valence-electron chi connectivity index (χ0n) is 6.50. The van der Waals surface area contributed by atoms with Crippen molar-refractivity contribution >= 4 is 11.1 Å². The average Bonchev–Trinajstić information content (AvgIpc) is 1.90. The van der Waals surface area contributed by atoms with Crippen LogP contribution in [0.3, 0.4) is 0 Å². The molecule has 0 amide bonds. The number of nitrogens with zero attached hydrogens (tertiary/aromatic N) is 1. The van der Waals surface area contributed by atoms with Crippen molar-refractivity contribution in [3.05, 3.63) is 0 Å². The number of rotatable bonds is 5. The molecule has 3 nitrogen and oxygen atoms in total. The van der Waals surface area contributed by atoms with Crippen molar-refractivity contribution in [2.75, 3.05) is 25.4 Å². The fraction of sp³-hybridized carbons (Fsp3) is 1.00. The van der Waals surface area contributed by atoms with Gasteiger partial charge in [0.1, 0.15) is 0 Å². The lowest BCUT2D eigenvalue weighted by Gasteiger charge is -2.18. The van der Waals surface area contributed by atoms with Crippen molar-refractivity contribution in [1.29, 1.82) is 0 Å². The molecular weight excluding hydrogens is 150 g/mol. The highest BCUT2D eigenvalue weighted by Crippen LogP contribution is 1.86. The zero-order chi connectivity index (χ0) is 7.98. The molecule has 0 N–H and O–H groups in total. The molecule has 0 heterocycles. The van der Waals surface area contributed by atoms with E-state index in [0.717, 1.165) is 13.1 Å². The van der Waals surface area contributed by atoms with Gasteiger partial charge in [-0.15, -0.1) is 0 Å². The molecule has 0 aromatic heterocycles. The van der Waals surface area contributed by atoms with Gasteiger partial charge in [0.25, 0.3) is 0 Å². The first-order valence-corrected chi connectivity index (χ1v) is 4.73. The minimum atomic E-state index is -1.88. The van der Waals surface area contributed by atoms with E-state index in [2.05, 4.69) is 4.90 Å². The number of hydrogen-bond acceptors (Lipinski definition) is 3. The van der Waals surface area contributed by atoms with Gasteiger partial charge in [-0.25, -0.2) is 0 Å². The van der Waals surface area contributed by atoms with Crippen LogP contribution in [0.1, 0.15) is 13.8 Å². The SMILES string of the molecule is CCN(CC)CCS(=O)[O-]. The smallest absolute Gasteiger partial charge is 0.0229 e. The normalized spacial score (nSPS) is 14.0. The van der Waals surface area contributed by atoms with Crippen LogP contribution in [0, 0.1) is 0 Å². The maximum Gasteiger partial charge on any atom is 0.0229 e. The van der Waals surface area contributed by atoms with Crippen molar-refractivity contribution in [3.63, 3.8) is 0 Å². The van der Waals surface area contributed by atoms with Crippen molar-refractivity contribution in [2.45, 2.75) is 13.8 Å². The van der Waals surface area contributed by atoms with Gasteiger partial charge in [0.15, 0.2) is 0 Å². The predicted molar refractivity (Wildman–Crippen MR) is 41.6 cm³/mol. The van der Waals surface area contributed by atoms with Gasteiger partial charge in [0, 0.05) is 12.3 Å². The Kier molecular flexibility index (Phi) is 5.87. The Morgan fingerprint density at radius 1 is 1.40 bits per heavy atom. The van der Waals surface area contributed by atoms with E-state index in [9.17, 15) is 8.76 Å². The molecule has 62 valence electrons. The van der Waals surface area contributed by atoms with E-state index in [1.807, 2.05) is 13.8 Å². The van der Waals surface area contributed by atoms with E-state index < -0.39 is 11.1 Å². The lowest BCUT2D eigenvalue weighted by atomic mass is 10.5. The van der Waals surface area contributed by atoms with E-state index in [1.54, 1.807) is 0 Å². The van der Waals surface area contributed by atoms with Gasteiger partial charge in [0.2, 0.25) is 0 Å². The van der Waals surface area contributed by atoms with E-state index in [-0.39, 0.29) is 5.75 Å². The molecule has 10 heavy (non-hydrogen) atoms. The van der Waals surface area contributed by atoms with Crippen molar-refractivity contribution in [2.24, 2.45) is 0 Å². The second-order valence-corrected chi connectivity index (χ2v) is 3.05. The summed E-state index contributed by atoms with van der Waals surface area (Å²) in [5, 5.41) is 0. The molecule has 0 saturated carbocycles. The van der Waals surface area contributed by atoms with Crippen molar-refractivity contribution in [3.8, 4) is 0 Å². The highest BCUT2D eigenvalue weighted by molar-refractivity contribution is 7.79. The number of hydrogen-bond donors (Lipinski definition) is 0. The van der Waals surface area contributed by atoms with E-state index in [0.29, 0.717) is 6.54 Å². The monoisotopic (exact) mass is 164 g/mol. The molecule has 0 aliphatic rings. The molecule has 0 aliphatic heterocycles. The summed E-state index contributed by atoms with van der Waals surface area (Å²) >= 11 is -1.88. The van der Waals surface area contributed by atoms with Crippen LogP contribution >= 0.6 is 0 Å². The Hall–Kier alpha value is 0.0700. The largest absolute Gasteiger partial charge is 0.772 e. The summed E-state index contributed by atoms with van der Waals surface area (Å²) in [5.41, 5.74) is 0. The van der Waals surface area contributed by atoms with Gasteiger partial charge < -0.3 is 9.45 Å². The zero-order valence-corrected chi connectivity index (χ0v) is 7.32. The topological polar surface area (TPSA) is 43.4 Å². The van der Waals surface area contributed by atoms with Crippen LogP contribution in [0.5, 0.6) is 0 Å². The maximum absolute atomic E-state index is 10.1. The van der Waals surface area contributed by atoms with Gasteiger partial charge in [-0.2, -0.15) is 0 Å². The highest BCUT2D eigenvalue weighted by atomic mass is 32.2. The van der Waals surface area contributed by atoms with Crippen LogP contribution in [0.25, 0.3) is 0 Å². The molecule has 0 aromatic rings. The summed E-state index contributed by atoms with van der Waals surface area (Å²) in [7, 11) is 0. The van der Waals surface area contributed by atoms with Crippen LogP contribution in [0.15, 0.2) is 0 Å². The van der Waals surface area contributed by atoms with E-state index >= 15 is 0 Å². The van der Waals surface area contributed by atoms with Gasteiger partial charge >= 0.3 is 0 Å². The second-order valence-electron chi connectivity index (χ2n) is 2.03. The predicted octanol–water partition coefficient (Wildman–Crippen LogP) is 0.207. The van der Waals surface area contributed by atoms with Gasteiger partial charge in [-0.1, -0.05) is 24.9 Å². The Labute approximate surface area is 64.7 Å². The van der Waals surface area contributed by atoms with Gasteiger partial charge in [-0.05, 0) is 13.1 Å². The summed E-state index contributed by atoms with van der Waals surface area (Å²) in [4.78, 5) is 2.08. The average molecular weight is 164 g/mol. The van der Waals surface area contributed by atoms with Crippen molar-refractivity contribution in [1.82, 2.24) is 4.90 Å². The molecule has 0 aromatic carbocycles. The summed E-state index contributed by atoms with van der Waals surface area (Å²) in [5.74, 6) is 0.252. The van der Waals surface area contributed by atoms with Crippen molar-refractivity contribution < 1.29 is 8.76 Å². The minimum Gasteiger partial charge on any atom is -0.772 e. The molecule has 0 aliphatic carbocycles. The Balaban J connectivity index is 3.34. The molecule has 0 radical (unpaired) electrons. The molecule has 0 fully saturated rings. The minimum absolute atomic E-state index is 0.252. The Bertz CT molecular complexity index is 104. The van der Waals surface area contributed by atoms with E-state index in [1.165, 1.54) is 0 Å². The quantitative estimate of drug-likeness (QED) is 0.545. The Morgan fingerprint density at radius 2 is 1.90 bits per heavy atom. The highest BCUT2D eigenvalue weighted by Gasteiger charge is 1.96. The van der Waals surface area contributed by atoms with E-state index in [4.69, 9.17) is 0 Å². The van der Waals surface area contributed by atoms with Crippen LogP contribution in [-0.2, 0) is 11.1 Å². The fourth-order valence-corrected chi connectivity index (χ4v) is 1.15. The standard InChI is InChI=1S/C6H15NO2S/c1-3-7(4-2)5-6-10(8)9/h3-6H2,1-2H3,(H,8,9)/p-1. The summed E-state index contributed by atoms with van der Waals surface area (Å²) in [6, 6.07) is 0. The van der Waals surface area contributed by atoms with Crippen LogP contribution in [0.4, 0.5) is 0 Å². The van der Waals surface area contributed by atoms with Crippen LogP contribution in [-0.4, -0.2) is 39.0 Å². The molecule has 1 unspecified atom stereocenters. The fourth-order valence-electron chi connectivity index (χ4n) is 0.743. The molecule has 1 atom stereocenters. The third-order valence-corrected chi connectivity index (χ3v) is 1.98. The second kappa shape index (κ2) is 5.82. The first-order valence-electron chi connectivity index (χ1n) is 3.48. The lowest BCUT2D eigenvalue weighted by Crippen LogP contribution is -2.27. The lowest BCUT2D eigenvalue weighted by molar-refractivity contribution is 0.321. The van der Waals surface area contributed by atoms with Gasteiger partial charge in [-0.3, -0.25) is 4.21 Å². The molecule has 0 saturated heterocycles. The summed E-state index contributed by atoms with van der Waals surface area (Å²) in [6.07, 6.45) is 0. The molecule has 0 rings (SSSR count). The molecule has 0 spiro atoms. The third kappa shape index (κ3) is 4.90. The summed E-state index contributed by atoms with van der Waals surface area (Å²) in [6.45, 7) is 6.55. The van der Waals surface area contributed by atoms with Crippen LogP contribution < -0.4 is 0 Å². The molecular formula is C6H14NO2S-. The Morgan fingerprint density at radius 3 is 2.20 bits per heavy atom. The molecule has 4 heteroatoms. The first kappa shape index (κ1) is 10.1. The molecule has 0 bridgehead atoms. The first-order chi connectivity index (χ1) is 4.70. The van der Waals surface area contributed by atoms with Crippen LogP contribution in [0.2, 0.25) is 0 Å².